The van der Waals surface area contributed by atoms with Gasteiger partial charge in [0.15, 0.2) is 0 Å². The molecule has 0 spiro atoms. The SMILES string of the molecule is CC(C)C1(C#N)CC2C(=O)NC(=O)C2C1. The predicted octanol–water partition coefficient (Wildman–Crippen LogP) is 0.835. The van der Waals surface area contributed by atoms with Crippen LogP contribution in [0.3, 0.4) is 0 Å². The van der Waals surface area contributed by atoms with E-state index < -0.39 is 5.41 Å². The second-order valence-electron chi connectivity index (χ2n) is 4.90. The number of fused-ring (bicyclic) bond motifs is 1. The first kappa shape index (κ1) is 10.2. The van der Waals surface area contributed by atoms with Gasteiger partial charge < -0.3 is 0 Å². The molecular formula is C11H14N2O2. The Hall–Kier alpha value is -1.37. The summed E-state index contributed by atoms with van der Waals surface area (Å²) in [6.45, 7) is 3.96. The monoisotopic (exact) mass is 206 g/mol. The van der Waals surface area contributed by atoms with Crippen LogP contribution < -0.4 is 5.32 Å². The topological polar surface area (TPSA) is 70.0 Å². The fourth-order valence-electron chi connectivity index (χ4n) is 2.70. The molecule has 15 heavy (non-hydrogen) atoms. The molecule has 2 atom stereocenters. The van der Waals surface area contributed by atoms with Crippen LogP contribution in [0.2, 0.25) is 0 Å². The highest BCUT2D eigenvalue weighted by Gasteiger charge is 2.56. The Morgan fingerprint density at radius 1 is 1.33 bits per heavy atom. The molecule has 4 heteroatoms. The summed E-state index contributed by atoms with van der Waals surface area (Å²) in [5.41, 5.74) is -0.483. The molecule has 2 amide bonds. The third-order valence-electron chi connectivity index (χ3n) is 3.90. The van der Waals surface area contributed by atoms with Crippen molar-refractivity contribution in [3.8, 4) is 6.07 Å². The van der Waals surface area contributed by atoms with Crippen molar-refractivity contribution in [2.24, 2.45) is 23.2 Å². The fraction of sp³-hybridized carbons (Fsp3) is 0.727. The van der Waals surface area contributed by atoms with Crippen LogP contribution in [-0.2, 0) is 9.59 Å². The Balaban J connectivity index is 2.30. The van der Waals surface area contributed by atoms with Gasteiger partial charge in [0.1, 0.15) is 0 Å². The molecule has 0 aromatic carbocycles. The zero-order valence-corrected chi connectivity index (χ0v) is 8.91. The second-order valence-corrected chi connectivity index (χ2v) is 4.90. The van der Waals surface area contributed by atoms with E-state index in [0.29, 0.717) is 12.8 Å². The van der Waals surface area contributed by atoms with E-state index in [9.17, 15) is 14.9 Å². The molecule has 2 fully saturated rings. The van der Waals surface area contributed by atoms with Crippen LogP contribution in [0.15, 0.2) is 0 Å². The average molecular weight is 206 g/mol. The summed E-state index contributed by atoms with van der Waals surface area (Å²) in [5, 5.41) is 11.6. The number of nitriles is 1. The number of nitrogens with zero attached hydrogens (tertiary/aromatic N) is 1. The number of amides is 2. The van der Waals surface area contributed by atoms with E-state index in [1.807, 2.05) is 13.8 Å². The molecular weight excluding hydrogens is 192 g/mol. The smallest absolute Gasteiger partial charge is 0.230 e. The lowest BCUT2D eigenvalue weighted by atomic mass is 9.76. The van der Waals surface area contributed by atoms with Gasteiger partial charge in [0, 0.05) is 0 Å². The van der Waals surface area contributed by atoms with Crippen molar-refractivity contribution in [1.82, 2.24) is 5.32 Å². The van der Waals surface area contributed by atoms with E-state index in [2.05, 4.69) is 11.4 Å². The lowest BCUT2D eigenvalue weighted by Crippen LogP contribution is -2.30. The Morgan fingerprint density at radius 2 is 1.80 bits per heavy atom. The van der Waals surface area contributed by atoms with Crippen LogP contribution >= 0.6 is 0 Å². The molecule has 0 aromatic rings. The van der Waals surface area contributed by atoms with Gasteiger partial charge in [0.2, 0.25) is 11.8 Å². The lowest BCUT2D eigenvalue weighted by Gasteiger charge is -2.25. The molecule has 80 valence electrons. The molecule has 2 aliphatic rings. The number of nitrogens with one attached hydrogen (secondary N) is 1. The number of hydrogen-bond acceptors (Lipinski definition) is 3. The van der Waals surface area contributed by atoms with Gasteiger partial charge in [-0.15, -0.1) is 0 Å². The summed E-state index contributed by atoms with van der Waals surface area (Å²) in [6, 6.07) is 2.31. The Kier molecular flexibility index (Phi) is 2.07. The minimum absolute atomic E-state index is 0.189. The van der Waals surface area contributed by atoms with Crippen molar-refractivity contribution in [1.29, 1.82) is 5.26 Å². The number of imide groups is 1. The first-order chi connectivity index (χ1) is 7.00. The number of rotatable bonds is 1. The minimum atomic E-state index is -0.483. The van der Waals surface area contributed by atoms with Gasteiger partial charge >= 0.3 is 0 Å². The van der Waals surface area contributed by atoms with E-state index in [4.69, 9.17) is 0 Å². The standard InChI is InChI=1S/C11H14N2O2/c1-6(2)11(5-12)3-7-8(4-11)10(15)13-9(7)14/h6-8H,3-4H2,1-2H3,(H,13,14,15). The van der Waals surface area contributed by atoms with Crippen molar-refractivity contribution in [3.63, 3.8) is 0 Å². The highest BCUT2D eigenvalue weighted by Crippen LogP contribution is 2.51. The number of carbonyl (C=O) groups excluding carboxylic acids is 2. The molecule has 2 rings (SSSR count). The van der Waals surface area contributed by atoms with Crippen molar-refractivity contribution in [2.75, 3.05) is 0 Å². The van der Waals surface area contributed by atoms with Crippen molar-refractivity contribution < 1.29 is 9.59 Å². The highest BCUT2D eigenvalue weighted by molar-refractivity contribution is 6.05. The van der Waals surface area contributed by atoms with E-state index in [0.717, 1.165) is 0 Å². The summed E-state index contributed by atoms with van der Waals surface area (Å²) in [7, 11) is 0. The van der Waals surface area contributed by atoms with E-state index in [1.54, 1.807) is 0 Å². The van der Waals surface area contributed by atoms with Gasteiger partial charge in [0.05, 0.1) is 23.3 Å². The van der Waals surface area contributed by atoms with E-state index >= 15 is 0 Å². The predicted molar refractivity (Wildman–Crippen MR) is 52.2 cm³/mol. The molecule has 0 aromatic heterocycles. The molecule has 1 N–H and O–H groups in total. The van der Waals surface area contributed by atoms with Gasteiger partial charge in [-0.1, -0.05) is 13.8 Å². The lowest BCUT2D eigenvalue weighted by molar-refractivity contribution is -0.127. The average Bonchev–Trinajstić information content (AvgIpc) is 2.67. The van der Waals surface area contributed by atoms with Gasteiger partial charge in [0.25, 0.3) is 0 Å². The molecule has 2 unspecified atom stereocenters. The maximum Gasteiger partial charge on any atom is 0.230 e. The zero-order valence-electron chi connectivity index (χ0n) is 8.91. The third kappa shape index (κ3) is 1.26. The van der Waals surface area contributed by atoms with Crippen molar-refractivity contribution in [2.45, 2.75) is 26.7 Å². The molecule has 1 aliphatic carbocycles. The fourth-order valence-corrected chi connectivity index (χ4v) is 2.70. The van der Waals surface area contributed by atoms with Gasteiger partial charge in [-0.25, -0.2) is 0 Å². The summed E-state index contributed by atoms with van der Waals surface area (Å²) < 4.78 is 0. The van der Waals surface area contributed by atoms with E-state index in [1.165, 1.54) is 0 Å². The number of hydrogen-bond donors (Lipinski definition) is 1. The summed E-state index contributed by atoms with van der Waals surface area (Å²) in [4.78, 5) is 22.9. The van der Waals surface area contributed by atoms with Gasteiger partial charge in [-0.05, 0) is 18.8 Å². The molecule has 1 saturated carbocycles. The summed E-state index contributed by atoms with van der Waals surface area (Å²) in [5.74, 6) is -0.724. The van der Waals surface area contributed by atoms with Crippen LogP contribution in [0, 0.1) is 34.5 Å². The molecule has 0 bridgehead atoms. The summed E-state index contributed by atoms with van der Waals surface area (Å²) >= 11 is 0. The highest BCUT2D eigenvalue weighted by atomic mass is 16.2. The third-order valence-corrected chi connectivity index (χ3v) is 3.90. The van der Waals surface area contributed by atoms with Gasteiger partial charge in [-0.2, -0.15) is 5.26 Å². The molecule has 1 heterocycles. The van der Waals surface area contributed by atoms with Crippen LogP contribution in [-0.4, -0.2) is 11.8 Å². The first-order valence-corrected chi connectivity index (χ1v) is 5.26. The molecule has 1 saturated heterocycles. The van der Waals surface area contributed by atoms with Crippen LogP contribution in [0.5, 0.6) is 0 Å². The largest absolute Gasteiger partial charge is 0.296 e. The summed E-state index contributed by atoms with van der Waals surface area (Å²) in [6.07, 6.45) is 1.06. The van der Waals surface area contributed by atoms with Crippen LogP contribution in [0.4, 0.5) is 0 Å². The number of carbonyl (C=O) groups is 2. The maximum atomic E-state index is 11.5. The normalized spacial score (nSPS) is 39.1. The van der Waals surface area contributed by atoms with E-state index in [-0.39, 0.29) is 29.6 Å². The van der Waals surface area contributed by atoms with Crippen LogP contribution in [0.25, 0.3) is 0 Å². The Bertz CT molecular complexity index is 345. The minimum Gasteiger partial charge on any atom is -0.296 e. The molecule has 0 radical (unpaired) electrons. The van der Waals surface area contributed by atoms with Crippen molar-refractivity contribution in [3.05, 3.63) is 0 Å². The Morgan fingerprint density at radius 3 is 2.13 bits per heavy atom. The van der Waals surface area contributed by atoms with Gasteiger partial charge in [-0.3, -0.25) is 14.9 Å². The first-order valence-electron chi connectivity index (χ1n) is 5.26. The van der Waals surface area contributed by atoms with Crippen molar-refractivity contribution >= 4 is 11.8 Å². The maximum absolute atomic E-state index is 11.5. The quantitative estimate of drug-likeness (QED) is 0.646. The molecule has 1 aliphatic heterocycles. The Labute approximate surface area is 88.6 Å². The molecule has 4 nitrogen and oxygen atoms in total. The van der Waals surface area contributed by atoms with Crippen LogP contribution in [0.1, 0.15) is 26.7 Å². The second kappa shape index (κ2) is 3.06. The zero-order chi connectivity index (χ0) is 11.2.